The summed E-state index contributed by atoms with van der Waals surface area (Å²) < 4.78 is 53.7. The second-order valence-electron chi connectivity index (χ2n) is 8.71. The molecule has 0 unspecified atom stereocenters. The van der Waals surface area contributed by atoms with Crippen LogP contribution < -0.4 is 14.8 Å². The van der Waals surface area contributed by atoms with Crippen LogP contribution in [0.3, 0.4) is 0 Å². The number of hydrogen-bond acceptors (Lipinski definition) is 5. The molecule has 1 N–H and O–H groups in total. The summed E-state index contributed by atoms with van der Waals surface area (Å²) in [7, 11) is 2.97. The van der Waals surface area contributed by atoms with Gasteiger partial charge in [0.05, 0.1) is 20.3 Å². The molecule has 0 bridgehead atoms. The van der Waals surface area contributed by atoms with E-state index in [-0.39, 0.29) is 23.8 Å². The maximum Gasteiger partial charge on any atom is 0.410 e. The van der Waals surface area contributed by atoms with E-state index in [4.69, 9.17) is 9.47 Å². The summed E-state index contributed by atoms with van der Waals surface area (Å²) in [6.07, 6.45) is -4.12. The lowest BCUT2D eigenvalue weighted by molar-refractivity contribution is -0.173. The normalized spacial score (nSPS) is 19.4. The van der Waals surface area contributed by atoms with Crippen molar-refractivity contribution in [1.29, 1.82) is 0 Å². The molecule has 5 rings (SSSR count). The molecule has 3 heterocycles. The van der Waals surface area contributed by atoms with Crippen molar-refractivity contribution in [2.24, 2.45) is 0 Å². The second kappa shape index (κ2) is 8.83. The molecular formula is C25H25F3N4O3. The summed E-state index contributed by atoms with van der Waals surface area (Å²) in [4.78, 5) is 14.8. The molecule has 0 spiro atoms. The van der Waals surface area contributed by atoms with Crippen LogP contribution in [0.1, 0.15) is 45.7 Å². The highest BCUT2D eigenvalue weighted by Crippen LogP contribution is 2.44. The molecule has 1 amide bonds. The summed E-state index contributed by atoms with van der Waals surface area (Å²) in [6, 6.07) is 11.8. The van der Waals surface area contributed by atoms with Gasteiger partial charge in [0.25, 0.3) is 5.91 Å². The zero-order valence-electron chi connectivity index (χ0n) is 19.3. The van der Waals surface area contributed by atoms with Crippen LogP contribution in [-0.4, -0.2) is 47.5 Å². The SMILES string of the molecule is COc1ccc([C@H]2C[C@@H](C(F)(F)F)n3nc(C(=O)N4CCc5ccccc5C4)cc3N2)cc1OC. The predicted molar refractivity (Wildman–Crippen MR) is 123 cm³/mol. The molecule has 2 aliphatic rings. The third kappa shape index (κ3) is 4.28. The van der Waals surface area contributed by atoms with E-state index in [9.17, 15) is 18.0 Å². The van der Waals surface area contributed by atoms with E-state index < -0.39 is 18.3 Å². The van der Waals surface area contributed by atoms with Gasteiger partial charge in [0.1, 0.15) is 5.82 Å². The number of nitrogens with one attached hydrogen (secondary N) is 1. The number of carbonyl (C=O) groups excluding carboxylic acids is 1. The van der Waals surface area contributed by atoms with Crippen LogP contribution in [0, 0.1) is 0 Å². The van der Waals surface area contributed by atoms with Crippen molar-refractivity contribution in [3.63, 3.8) is 0 Å². The van der Waals surface area contributed by atoms with Gasteiger partial charge in [-0.15, -0.1) is 0 Å². The second-order valence-corrected chi connectivity index (χ2v) is 8.71. The van der Waals surface area contributed by atoms with Crippen LogP contribution in [0.15, 0.2) is 48.5 Å². The van der Waals surface area contributed by atoms with Gasteiger partial charge in [-0.25, -0.2) is 4.68 Å². The molecule has 2 aliphatic heterocycles. The van der Waals surface area contributed by atoms with E-state index in [2.05, 4.69) is 10.4 Å². The van der Waals surface area contributed by atoms with Gasteiger partial charge < -0.3 is 19.7 Å². The van der Waals surface area contributed by atoms with Crippen LogP contribution in [0.4, 0.5) is 19.0 Å². The van der Waals surface area contributed by atoms with Gasteiger partial charge in [-0.3, -0.25) is 4.79 Å². The molecule has 10 heteroatoms. The highest BCUT2D eigenvalue weighted by atomic mass is 19.4. The molecule has 7 nitrogen and oxygen atoms in total. The Hall–Kier alpha value is -3.69. The number of hydrogen-bond donors (Lipinski definition) is 1. The topological polar surface area (TPSA) is 68.6 Å². The Morgan fingerprint density at radius 3 is 2.51 bits per heavy atom. The summed E-state index contributed by atoms with van der Waals surface area (Å²) in [5.41, 5.74) is 2.83. The molecule has 184 valence electrons. The van der Waals surface area contributed by atoms with E-state index in [1.54, 1.807) is 23.1 Å². The highest BCUT2D eigenvalue weighted by Gasteiger charge is 2.47. The molecule has 0 saturated heterocycles. The number of benzene rings is 2. The number of carbonyl (C=O) groups is 1. The van der Waals surface area contributed by atoms with Gasteiger partial charge in [-0.1, -0.05) is 30.3 Å². The van der Waals surface area contributed by atoms with E-state index in [0.717, 1.165) is 10.2 Å². The maximum atomic E-state index is 14.1. The van der Waals surface area contributed by atoms with Crippen LogP contribution >= 0.6 is 0 Å². The molecule has 1 aromatic heterocycles. The van der Waals surface area contributed by atoms with Crippen molar-refractivity contribution in [2.75, 3.05) is 26.1 Å². The number of aromatic nitrogens is 2. The van der Waals surface area contributed by atoms with Gasteiger partial charge in [-0.05, 0) is 35.2 Å². The number of halogens is 3. The van der Waals surface area contributed by atoms with Crippen LogP contribution in [0.25, 0.3) is 0 Å². The quantitative estimate of drug-likeness (QED) is 0.576. The minimum atomic E-state index is -4.54. The lowest BCUT2D eigenvalue weighted by Gasteiger charge is -2.33. The van der Waals surface area contributed by atoms with Crippen molar-refractivity contribution in [1.82, 2.24) is 14.7 Å². The predicted octanol–water partition coefficient (Wildman–Crippen LogP) is 4.76. The molecular weight excluding hydrogens is 461 g/mol. The zero-order chi connectivity index (χ0) is 24.7. The third-order valence-corrected chi connectivity index (χ3v) is 6.64. The summed E-state index contributed by atoms with van der Waals surface area (Å²) in [5.74, 6) is 0.682. The fourth-order valence-electron chi connectivity index (χ4n) is 4.80. The number of alkyl halides is 3. The molecule has 0 aliphatic carbocycles. The lowest BCUT2D eigenvalue weighted by Crippen LogP contribution is -2.37. The first-order chi connectivity index (χ1) is 16.8. The fraction of sp³-hybridized carbons (Fsp3) is 0.360. The molecule has 35 heavy (non-hydrogen) atoms. The third-order valence-electron chi connectivity index (χ3n) is 6.64. The first-order valence-corrected chi connectivity index (χ1v) is 11.3. The number of methoxy groups -OCH3 is 2. The van der Waals surface area contributed by atoms with Crippen LogP contribution in [0.5, 0.6) is 11.5 Å². The minimum Gasteiger partial charge on any atom is -0.493 e. The van der Waals surface area contributed by atoms with Crippen molar-refractivity contribution in [3.05, 3.63) is 70.9 Å². The summed E-state index contributed by atoms with van der Waals surface area (Å²) >= 11 is 0. The van der Waals surface area contributed by atoms with E-state index in [1.165, 1.54) is 25.8 Å². The van der Waals surface area contributed by atoms with Crippen molar-refractivity contribution >= 4 is 11.7 Å². The van der Waals surface area contributed by atoms with Gasteiger partial charge >= 0.3 is 6.18 Å². The molecule has 2 aromatic carbocycles. The highest BCUT2D eigenvalue weighted by molar-refractivity contribution is 5.93. The number of anilines is 1. The van der Waals surface area contributed by atoms with Gasteiger partial charge in [-0.2, -0.15) is 18.3 Å². The number of fused-ring (bicyclic) bond motifs is 2. The Morgan fingerprint density at radius 2 is 1.80 bits per heavy atom. The minimum absolute atomic E-state index is 0.00547. The van der Waals surface area contributed by atoms with E-state index in [0.29, 0.717) is 36.6 Å². The van der Waals surface area contributed by atoms with Crippen molar-refractivity contribution in [3.8, 4) is 11.5 Å². The summed E-state index contributed by atoms with van der Waals surface area (Å²) in [6.45, 7) is 0.893. The Balaban J connectivity index is 1.44. The maximum absolute atomic E-state index is 14.1. The Kier molecular flexibility index (Phi) is 5.82. The zero-order valence-corrected chi connectivity index (χ0v) is 19.3. The molecule has 0 radical (unpaired) electrons. The van der Waals surface area contributed by atoms with Gasteiger partial charge in [0, 0.05) is 25.6 Å². The lowest BCUT2D eigenvalue weighted by atomic mass is 9.96. The summed E-state index contributed by atoms with van der Waals surface area (Å²) in [5, 5.41) is 7.25. The van der Waals surface area contributed by atoms with Crippen molar-refractivity contribution in [2.45, 2.75) is 37.6 Å². The average molecular weight is 486 g/mol. The van der Waals surface area contributed by atoms with Gasteiger partial charge in [0.2, 0.25) is 0 Å². The van der Waals surface area contributed by atoms with Gasteiger partial charge in [0.15, 0.2) is 23.2 Å². The number of nitrogens with zero attached hydrogens (tertiary/aromatic N) is 3. The Morgan fingerprint density at radius 1 is 1.06 bits per heavy atom. The number of ether oxygens (including phenoxy) is 2. The molecule has 3 aromatic rings. The van der Waals surface area contributed by atoms with Crippen LogP contribution in [-0.2, 0) is 13.0 Å². The number of amides is 1. The number of rotatable bonds is 4. The molecule has 0 fully saturated rings. The van der Waals surface area contributed by atoms with E-state index >= 15 is 0 Å². The Labute approximate surface area is 200 Å². The first-order valence-electron chi connectivity index (χ1n) is 11.3. The Bertz CT molecular complexity index is 1260. The first kappa shape index (κ1) is 23.1. The fourth-order valence-corrected chi connectivity index (χ4v) is 4.80. The smallest absolute Gasteiger partial charge is 0.410 e. The van der Waals surface area contributed by atoms with Crippen LogP contribution in [0.2, 0.25) is 0 Å². The standard InChI is InChI=1S/C25H25F3N4O3/c1-34-20-8-7-16(11-21(20)35-2)18-12-22(25(26,27)28)32-23(29-18)13-19(30-32)24(33)31-10-9-15-5-3-4-6-17(15)14-31/h3-8,11,13,18,22,29H,9-10,12,14H2,1-2H3/t18-,22+/m1/s1. The molecule has 0 saturated carbocycles. The monoisotopic (exact) mass is 486 g/mol. The van der Waals surface area contributed by atoms with E-state index in [1.807, 2.05) is 24.3 Å². The molecule has 2 atom stereocenters. The largest absolute Gasteiger partial charge is 0.493 e. The van der Waals surface area contributed by atoms with Crippen molar-refractivity contribution < 1.29 is 27.4 Å². The average Bonchev–Trinajstić information content (AvgIpc) is 3.30.